The van der Waals surface area contributed by atoms with Crippen molar-refractivity contribution < 1.29 is 27.9 Å². The van der Waals surface area contributed by atoms with Crippen LogP contribution in [0.4, 0.5) is 13.2 Å². The van der Waals surface area contributed by atoms with Crippen molar-refractivity contribution in [3.8, 4) is 11.5 Å². The van der Waals surface area contributed by atoms with E-state index in [1.54, 1.807) is 12.1 Å². The van der Waals surface area contributed by atoms with Gasteiger partial charge in [0.2, 0.25) is 0 Å². The van der Waals surface area contributed by atoms with E-state index in [0.717, 1.165) is 12.3 Å². The number of phenolic OH excluding ortho intramolecular Hbond substituents is 1. The molecule has 0 atom stereocenters. The van der Waals surface area contributed by atoms with Crippen molar-refractivity contribution in [1.29, 1.82) is 0 Å². The van der Waals surface area contributed by atoms with E-state index in [-0.39, 0.29) is 18.1 Å². The zero-order valence-electron chi connectivity index (χ0n) is 13.0. The average molecular weight is 340 g/mol. The first-order chi connectivity index (χ1) is 11.3. The molecule has 1 heterocycles. The fourth-order valence-corrected chi connectivity index (χ4v) is 1.99. The second-order valence-electron chi connectivity index (χ2n) is 4.92. The number of rotatable bonds is 5. The van der Waals surface area contributed by atoms with Gasteiger partial charge in [-0.15, -0.1) is 0 Å². The SMILES string of the molecule is COc1cccc(O)c1CON=Cc1cc(C)cc(C(F)(F)F)n1. The summed E-state index contributed by atoms with van der Waals surface area (Å²) in [4.78, 5) is 8.49. The maximum Gasteiger partial charge on any atom is 0.433 e. The van der Waals surface area contributed by atoms with Crippen molar-refractivity contribution in [2.75, 3.05) is 7.11 Å². The molecule has 24 heavy (non-hydrogen) atoms. The highest BCUT2D eigenvalue weighted by Crippen LogP contribution is 2.29. The van der Waals surface area contributed by atoms with Crippen LogP contribution in [0.1, 0.15) is 22.5 Å². The first-order valence-electron chi connectivity index (χ1n) is 6.87. The zero-order chi connectivity index (χ0) is 17.7. The predicted octanol–water partition coefficient (Wildman–Crippen LogP) is 3.67. The van der Waals surface area contributed by atoms with Crippen LogP contribution in [0.25, 0.3) is 0 Å². The molecule has 0 spiro atoms. The minimum Gasteiger partial charge on any atom is -0.507 e. The van der Waals surface area contributed by atoms with Gasteiger partial charge < -0.3 is 14.7 Å². The molecule has 0 amide bonds. The molecule has 0 bridgehead atoms. The Morgan fingerprint density at radius 1 is 1.29 bits per heavy atom. The monoisotopic (exact) mass is 340 g/mol. The minimum absolute atomic E-state index is 0.0200. The Hall–Kier alpha value is -2.77. The summed E-state index contributed by atoms with van der Waals surface area (Å²) >= 11 is 0. The van der Waals surface area contributed by atoms with E-state index >= 15 is 0 Å². The van der Waals surface area contributed by atoms with Crippen LogP contribution in [0, 0.1) is 6.92 Å². The molecule has 2 rings (SSSR count). The second kappa shape index (κ2) is 7.20. The molecule has 0 unspecified atom stereocenters. The van der Waals surface area contributed by atoms with Crippen LogP contribution in [-0.2, 0) is 17.6 Å². The molecule has 1 aromatic carbocycles. The fraction of sp³-hybridized carbons (Fsp3) is 0.250. The number of aromatic hydroxyl groups is 1. The van der Waals surface area contributed by atoms with Gasteiger partial charge in [-0.25, -0.2) is 4.98 Å². The summed E-state index contributed by atoms with van der Waals surface area (Å²) in [5, 5.41) is 13.3. The normalized spacial score (nSPS) is 11.7. The molecule has 2 aromatic rings. The summed E-state index contributed by atoms with van der Waals surface area (Å²) in [6, 6.07) is 7.10. The van der Waals surface area contributed by atoms with E-state index in [4.69, 9.17) is 9.57 Å². The van der Waals surface area contributed by atoms with E-state index in [2.05, 4.69) is 10.1 Å². The number of aryl methyl sites for hydroxylation is 1. The zero-order valence-corrected chi connectivity index (χ0v) is 13.0. The lowest BCUT2D eigenvalue weighted by molar-refractivity contribution is -0.141. The molecular formula is C16H15F3N2O3. The van der Waals surface area contributed by atoms with Crippen LogP contribution in [0.2, 0.25) is 0 Å². The van der Waals surface area contributed by atoms with Crippen molar-refractivity contribution >= 4 is 6.21 Å². The van der Waals surface area contributed by atoms with Gasteiger partial charge in [0.25, 0.3) is 0 Å². The molecule has 0 radical (unpaired) electrons. The van der Waals surface area contributed by atoms with Crippen molar-refractivity contribution in [3.63, 3.8) is 0 Å². The fourth-order valence-electron chi connectivity index (χ4n) is 1.99. The van der Waals surface area contributed by atoms with Crippen LogP contribution in [0.15, 0.2) is 35.5 Å². The first-order valence-corrected chi connectivity index (χ1v) is 6.87. The molecule has 0 aliphatic rings. The van der Waals surface area contributed by atoms with Crippen LogP contribution in [0.5, 0.6) is 11.5 Å². The van der Waals surface area contributed by atoms with E-state index in [0.29, 0.717) is 16.9 Å². The van der Waals surface area contributed by atoms with Gasteiger partial charge in [0.15, 0.2) is 0 Å². The Balaban J connectivity index is 2.09. The number of halogens is 3. The van der Waals surface area contributed by atoms with E-state index in [1.165, 1.54) is 26.2 Å². The lowest BCUT2D eigenvalue weighted by Crippen LogP contribution is -2.10. The van der Waals surface area contributed by atoms with Crippen molar-refractivity contribution in [2.45, 2.75) is 19.7 Å². The number of alkyl halides is 3. The van der Waals surface area contributed by atoms with Crippen molar-refractivity contribution in [1.82, 2.24) is 4.98 Å². The third kappa shape index (κ3) is 4.37. The molecule has 128 valence electrons. The van der Waals surface area contributed by atoms with Gasteiger partial charge in [0.05, 0.1) is 24.6 Å². The number of benzene rings is 1. The molecule has 0 saturated heterocycles. The smallest absolute Gasteiger partial charge is 0.433 e. The molecule has 8 heteroatoms. The highest BCUT2D eigenvalue weighted by atomic mass is 19.4. The van der Waals surface area contributed by atoms with Crippen LogP contribution < -0.4 is 4.74 Å². The number of ether oxygens (including phenoxy) is 1. The Morgan fingerprint density at radius 3 is 2.71 bits per heavy atom. The van der Waals surface area contributed by atoms with Crippen molar-refractivity contribution in [3.05, 3.63) is 52.8 Å². The first kappa shape index (κ1) is 17.6. The van der Waals surface area contributed by atoms with Crippen LogP contribution in [-0.4, -0.2) is 23.4 Å². The van der Waals surface area contributed by atoms with Crippen molar-refractivity contribution in [2.24, 2.45) is 5.16 Å². The molecule has 0 fully saturated rings. The number of methoxy groups -OCH3 is 1. The number of hydrogen-bond donors (Lipinski definition) is 1. The summed E-state index contributed by atoms with van der Waals surface area (Å²) in [7, 11) is 1.44. The lowest BCUT2D eigenvalue weighted by atomic mass is 10.2. The molecule has 0 aliphatic carbocycles. The number of oxime groups is 1. The summed E-state index contributed by atoms with van der Waals surface area (Å²) in [6.45, 7) is 1.42. The van der Waals surface area contributed by atoms with Gasteiger partial charge in [-0.05, 0) is 36.8 Å². The highest BCUT2D eigenvalue weighted by Gasteiger charge is 2.32. The quantitative estimate of drug-likeness (QED) is 0.666. The summed E-state index contributed by atoms with van der Waals surface area (Å²) in [5.74, 6) is 0.385. The maximum atomic E-state index is 12.7. The Labute approximate surface area is 136 Å². The molecule has 0 saturated carbocycles. The molecular weight excluding hydrogens is 325 g/mol. The third-order valence-corrected chi connectivity index (χ3v) is 3.08. The predicted molar refractivity (Wildman–Crippen MR) is 81.0 cm³/mol. The standard InChI is InChI=1S/C16H15F3N2O3/c1-10-6-11(21-15(7-10)16(17,18)19)8-20-24-9-12-13(22)4-3-5-14(12)23-2/h3-8,22H,9H2,1-2H3. The number of phenols is 1. The largest absolute Gasteiger partial charge is 0.507 e. The molecule has 5 nitrogen and oxygen atoms in total. The minimum atomic E-state index is -4.53. The maximum absolute atomic E-state index is 12.7. The van der Waals surface area contributed by atoms with Crippen LogP contribution in [0.3, 0.4) is 0 Å². The number of nitrogens with zero attached hydrogens (tertiary/aromatic N) is 2. The van der Waals surface area contributed by atoms with Gasteiger partial charge in [-0.3, -0.25) is 0 Å². The van der Waals surface area contributed by atoms with Gasteiger partial charge in [0.1, 0.15) is 23.8 Å². The number of hydrogen-bond acceptors (Lipinski definition) is 5. The molecule has 1 aromatic heterocycles. The van der Waals surface area contributed by atoms with E-state index in [1.807, 2.05) is 0 Å². The third-order valence-electron chi connectivity index (χ3n) is 3.08. The van der Waals surface area contributed by atoms with Gasteiger partial charge in [-0.1, -0.05) is 11.2 Å². The van der Waals surface area contributed by atoms with Gasteiger partial charge in [-0.2, -0.15) is 13.2 Å². The molecule has 0 aliphatic heterocycles. The highest BCUT2D eigenvalue weighted by molar-refractivity contribution is 5.76. The average Bonchev–Trinajstić information content (AvgIpc) is 2.51. The van der Waals surface area contributed by atoms with E-state index in [9.17, 15) is 18.3 Å². The topological polar surface area (TPSA) is 63.9 Å². The van der Waals surface area contributed by atoms with Crippen LogP contribution >= 0.6 is 0 Å². The second-order valence-corrected chi connectivity index (χ2v) is 4.92. The summed E-state index contributed by atoms with van der Waals surface area (Å²) in [5.41, 5.74) is -0.190. The Kier molecular flexibility index (Phi) is 5.28. The lowest BCUT2D eigenvalue weighted by Gasteiger charge is -2.09. The van der Waals surface area contributed by atoms with Gasteiger partial charge in [0, 0.05) is 0 Å². The van der Waals surface area contributed by atoms with E-state index < -0.39 is 11.9 Å². The number of pyridine rings is 1. The molecule has 1 N–H and O–H groups in total. The number of aromatic nitrogens is 1. The summed E-state index contributed by atoms with van der Waals surface area (Å²) in [6.07, 6.45) is -3.45. The van der Waals surface area contributed by atoms with Gasteiger partial charge >= 0.3 is 6.18 Å². The Bertz CT molecular complexity index is 746. The Morgan fingerprint density at radius 2 is 2.04 bits per heavy atom. The summed E-state index contributed by atoms with van der Waals surface area (Å²) < 4.78 is 43.2.